The predicted octanol–water partition coefficient (Wildman–Crippen LogP) is 2.70. The summed E-state index contributed by atoms with van der Waals surface area (Å²) in [7, 11) is 0. The van der Waals surface area contributed by atoms with E-state index in [0.29, 0.717) is 22.5 Å². The first-order valence-corrected chi connectivity index (χ1v) is 9.42. The van der Waals surface area contributed by atoms with E-state index in [1.165, 1.54) is 16.7 Å². The number of amides is 3. The molecule has 0 N–H and O–H groups in total. The van der Waals surface area contributed by atoms with Crippen molar-refractivity contribution in [3.63, 3.8) is 0 Å². The summed E-state index contributed by atoms with van der Waals surface area (Å²) in [4.78, 5) is 41.1. The smallest absolute Gasteiger partial charge is 0.235 e. The summed E-state index contributed by atoms with van der Waals surface area (Å²) in [6.07, 6.45) is 5.43. The Kier molecular flexibility index (Phi) is 3.35. The van der Waals surface area contributed by atoms with Crippen LogP contribution in [0.4, 0.5) is 5.69 Å². The van der Waals surface area contributed by atoms with Crippen molar-refractivity contribution in [1.82, 2.24) is 4.90 Å². The third-order valence-electron chi connectivity index (χ3n) is 6.54. The highest BCUT2D eigenvalue weighted by Gasteiger charge is 2.67. The molecule has 2 saturated carbocycles. The topological polar surface area (TPSA) is 57.7 Å². The highest BCUT2D eigenvalue weighted by molar-refractivity contribution is 6.30. The highest BCUT2D eigenvalue weighted by atomic mass is 35.5. The molecule has 1 saturated heterocycles. The van der Waals surface area contributed by atoms with E-state index >= 15 is 0 Å². The number of halogens is 1. The molecule has 0 radical (unpaired) electrons. The molecule has 4 aliphatic carbocycles. The maximum absolute atomic E-state index is 13.1. The van der Waals surface area contributed by atoms with Crippen molar-refractivity contribution in [2.75, 3.05) is 11.6 Å². The normalized spacial score (nSPS) is 36.2. The van der Waals surface area contributed by atoms with Crippen LogP contribution in [0.2, 0.25) is 5.02 Å². The number of carbonyl (C=O) groups is 3. The van der Waals surface area contributed by atoms with Crippen molar-refractivity contribution < 1.29 is 14.4 Å². The van der Waals surface area contributed by atoms with E-state index in [-0.39, 0.29) is 48.1 Å². The van der Waals surface area contributed by atoms with Gasteiger partial charge in [-0.05, 0) is 48.3 Å². The SMILES string of the molecule is CC(=O)N(CN1C(=O)[C@@H]2[C@@H]3C=C[C@H]([C@H]4C[C@H]34)[C@@H]2C1=O)c1cccc(Cl)c1. The van der Waals surface area contributed by atoms with Gasteiger partial charge in [-0.25, -0.2) is 0 Å². The Labute approximate surface area is 156 Å². The molecular weight excluding hydrogens is 352 g/mol. The number of nitrogens with zero attached hydrogens (tertiary/aromatic N) is 2. The molecule has 1 aromatic rings. The minimum Gasteiger partial charge on any atom is -0.294 e. The lowest BCUT2D eigenvalue weighted by atomic mass is 9.63. The van der Waals surface area contributed by atoms with Gasteiger partial charge in [-0.2, -0.15) is 0 Å². The lowest BCUT2D eigenvalue weighted by molar-refractivity contribution is -0.140. The van der Waals surface area contributed by atoms with Crippen LogP contribution in [0.15, 0.2) is 36.4 Å². The Morgan fingerprint density at radius 1 is 1.15 bits per heavy atom. The molecule has 2 bridgehead atoms. The fourth-order valence-electron chi connectivity index (χ4n) is 5.31. The van der Waals surface area contributed by atoms with Crippen LogP contribution in [0, 0.1) is 35.5 Å². The van der Waals surface area contributed by atoms with Gasteiger partial charge in [-0.1, -0.05) is 29.8 Å². The van der Waals surface area contributed by atoms with Crippen LogP contribution in [0.25, 0.3) is 0 Å². The summed E-state index contributed by atoms with van der Waals surface area (Å²) in [6.45, 7) is 1.38. The average molecular weight is 371 g/mol. The Balaban J connectivity index is 1.45. The second kappa shape index (κ2) is 5.43. The van der Waals surface area contributed by atoms with Crippen LogP contribution in [-0.2, 0) is 14.4 Å². The number of rotatable bonds is 3. The molecule has 6 atom stereocenters. The van der Waals surface area contributed by atoms with Crippen molar-refractivity contribution in [2.45, 2.75) is 13.3 Å². The van der Waals surface area contributed by atoms with Crippen molar-refractivity contribution in [2.24, 2.45) is 35.5 Å². The average Bonchev–Trinajstić information content (AvgIpc) is 3.39. The van der Waals surface area contributed by atoms with Gasteiger partial charge in [0.1, 0.15) is 6.67 Å². The molecule has 1 heterocycles. The molecule has 0 aromatic heterocycles. The van der Waals surface area contributed by atoms with E-state index in [4.69, 9.17) is 11.6 Å². The van der Waals surface area contributed by atoms with Gasteiger partial charge < -0.3 is 0 Å². The van der Waals surface area contributed by atoms with Gasteiger partial charge in [0.15, 0.2) is 0 Å². The number of carbonyl (C=O) groups excluding carboxylic acids is 3. The Hall–Kier alpha value is -2.14. The molecule has 3 amide bonds. The van der Waals surface area contributed by atoms with Gasteiger partial charge in [0, 0.05) is 17.6 Å². The van der Waals surface area contributed by atoms with Crippen molar-refractivity contribution >= 4 is 35.0 Å². The van der Waals surface area contributed by atoms with Gasteiger partial charge in [0.2, 0.25) is 17.7 Å². The summed E-state index contributed by atoms with van der Waals surface area (Å²) >= 11 is 6.04. The van der Waals surface area contributed by atoms with Crippen LogP contribution in [0.3, 0.4) is 0 Å². The zero-order valence-corrected chi connectivity index (χ0v) is 15.1. The molecular formula is C20H19ClN2O3. The number of hydrogen-bond donors (Lipinski definition) is 0. The lowest BCUT2D eigenvalue weighted by Crippen LogP contribution is -2.44. The number of likely N-dealkylation sites (tertiary alicyclic amines) is 1. The minimum atomic E-state index is -0.241. The quantitative estimate of drug-likeness (QED) is 0.607. The molecule has 0 unspecified atom stereocenters. The highest BCUT2D eigenvalue weighted by Crippen LogP contribution is 2.65. The molecule has 1 aromatic carbocycles. The van der Waals surface area contributed by atoms with Gasteiger partial charge >= 0.3 is 0 Å². The predicted molar refractivity (Wildman–Crippen MR) is 96.0 cm³/mol. The molecule has 5 nitrogen and oxygen atoms in total. The summed E-state index contributed by atoms with van der Waals surface area (Å²) in [5.41, 5.74) is 0.587. The Morgan fingerprint density at radius 2 is 1.77 bits per heavy atom. The molecule has 5 aliphatic rings. The zero-order chi connectivity index (χ0) is 18.2. The van der Waals surface area contributed by atoms with E-state index in [1.54, 1.807) is 24.3 Å². The van der Waals surface area contributed by atoms with Gasteiger partial charge in [0.25, 0.3) is 0 Å². The molecule has 6 rings (SSSR count). The first kappa shape index (κ1) is 16.1. The van der Waals surface area contributed by atoms with Crippen LogP contribution in [0.1, 0.15) is 13.3 Å². The molecule has 0 spiro atoms. The Bertz CT molecular complexity index is 830. The van der Waals surface area contributed by atoms with Gasteiger partial charge in [0.05, 0.1) is 11.8 Å². The number of anilines is 1. The fourth-order valence-corrected chi connectivity index (χ4v) is 5.49. The van der Waals surface area contributed by atoms with Crippen LogP contribution < -0.4 is 4.90 Å². The number of imide groups is 1. The summed E-state index contributed by atoms with van der Waals surface area (Å²) < 4.78 is 0. The Morgan fingerprint density at radius 3 is 2.31 bits per heavy atom. The first-order valence-electron chi connectivity index (χ1n) is 9.04. The van der Waals surface area contributed by atoms with E-state index in [2.05, 4.69) is 12.2 Å². The lowest BCUT2D eigenvalue weighted by Gasteiger charge is -2.37. The van der Waals surface area contributed by atoms with Crippen LogP contribution in [-0.4, -0.2) is 29.3 Å². The first-order chi connectivity index (χ1) is 12.5. The molecule has 3 fully saturated rings. The third-order valence-corrected chi connectivity index (χ3v) is 6.77. The standard InChI is InChI=1S/C20H19ClN2O3/c1-10(24)22(12-4-2-3-11(21)7-12)9-23-19(25)17-13-5-6-14(16-8-15(13)16)18(17)20(23)26/h2-7,13-18H,8-9H2,1H3/t13-,14-,15-,16-,17-,18+/m1/s1. The summed E-state index contributed by atoms with van der Waals surface area (Å²) in [5.74, 6) is 0.549. The van der Waals surface area contributed by atoms with Gasteiger partial charge in [-0.3, -0.25) is 24.2 Å². The minimum absolute atomic E-state index is 0.0465. The molecule has 26 heavy (non-hydrogen) atoms. The van der Waals surface area contributed by atoms with Gasteiger partial charge in [-0.15, -0.1) is 0 Å². The summed E-state index contributed by atoms with van der Waals surface area (Å²) in [6, 6.07) is 6.89. The molecule has 134 valence electrons. The number of allylic oxidation sites excluding steroid dienone is 2. The maximum atomic E-state index is 13.1. The van der Waals surface area contributed by atoms with Crippen molar-refractivity contribution in [3.05, 3.63) is 41.4 Å². The van der Waals surface area contributed by atoms with Crippen molar-refractivity contribution in [3.8, 4) is 0 Å². The van der Waals surface area contributed by atoms with Crippen molar-refractivity contribution in [1.29, 1.82) is 0 Å². The van der Waals surface area contributed by atoms with E-state index in [0.717, 1.165) is 6.42 Å². The van der Waals surface area contributed by atoms with E-state index < -0.39 is 0 Å². The zero-order valence-electron chi connectivity index (χ0n) is 14.3. The van der Waals surface area contributed by atoms with Crippen LogP contribution in [0.5, 0.6) is 0 Å². The molecule has 6 heteroatoms. The summed E-state index contributed by atoms with van der Waals surface area (Å²) in [5, 5.41) is 0.504. The monoisotopic (exact) mass is 370 g/mol. The number of benzene rings is 1. The largest absolute Gasteiger partial charge is 0.294 e. The number of hydrogen-bond acceptors (Lipinski definition) is 3. The van der Waals surface area contributed by atoms with E-state index in [1.807, 2.05) is 0 Å². The second-order valence-electron chi connectivity index (χ2n) is 7.83. The van der Waals surface area contributed by atoms with Crippen LogP contribution >= 0.6 is 11.6 Å². The van der Waals surface area contributed by atoms with E-state index in [9.17, 15) is 14.4 Å². The maximum Gasteiger partial charge on any atom is 0.235 e. The second-order valence-corrected chi connectivity index (χ2v) is 8.26. The fraction of sp³-hybridized carbons (Fsp3) is 0.450. The molecule has 1 aliphatic heterocycles. The third kappa shape index (κ3) is 2.13.